The molecule has 0 atom stereocenters. The van der Waals surface area contributed by atoms with Gasteiger partial charge >= 0.3 is 18.3 Å². The van der Waals surface area contributed by atoms with Crippen molar-refractivity contribution in [1.82, 2.24) is 4.90 Å². The number of nitrogen functional groups attached to an aromatic ring is 1. The number of amides is 1. The number of carboxylic acid groups (broad SMARTS) is 1. The summed E-state index contributed by atoms with van der Waals surface area (Å²) in [6.45, 7) is 1.26. The minimum atomic E-state index is -4.94. The van der Waals surface area contributed by atoms with Crippen molar-refractivity contribution < 1.29 is 50.7 Å². The molecule has 3 N–H and O–H groups in total. The zero-order valence-corrected chi connectivity index (χ0v) is 17.5. The third-order valence-electron chi connectivity index (χ3n) is 4.63. The summed E-state index contributed by atoms with van der Waals surface area (Å²) >= 11 is 0. The highest BCUT2D eigenvalue weighted by molar-refractivity contribution is 5.96. The number of alkyl halides is 6. The number of benzene rings is 2. The van der Waals surface area contributed by atoms with E-state index >= 15 is 0 Å². The number of carboxylic acids is 1. The molecule has 1 amide bonds. The number of morpholine rings is 1. The van der Waals surface area contributed by atoms with Crippen LogP contribution in [0.3, 0.4) is 0 Å². The molecule has 0 bridgehead atoms. The number of nitro groups is 1. The van der Waals surface area contributed by atoms with Crippen molar-refractivity contribution >= 4 is 23.3 Å². The van der Waals surface area contributed by atoms with Crippen LogP contribution in [0.2, 0.25) is 0 Å². The van der Waals surface area contributed by atoms with Crippen molar-refractivity contribution in [1.29, 1.82) is 0 Å². The largest absolute Gasteiger partial charge is 0.478 e. The Morgan fingerprint density at radius 3 is 1.94 bits per heavy atom. The fourth-order valence-corrected chi connectivity index (χ4v) is 2.99. The number of carbonyl (C=O) groups is 2. The minimum absolute atomic E-state index is 0.0224. The van der Waals surface area contributed by atoms with E-state index in [0.717, 1.165) is 12.1 Å². The van der Waals surface area contributed by atoms with E-state index in [4.69, 9.17) is 15.6 Å². The van der Waals surface area contributed by atoms with Gasteiger partial charge in [0.25, 0.3) is 11.6 Å². The Balaban J connectivity index is 0.000000251. The molecule has 3 rings (SSSR count). The lowest BCUT2D eigenvalue weighted by atomic mass is 10.0. The molecule has 0 radical (unpaired) electrons. The summed E-state index contributed by atoms with van der Waals surface area (Å²) in [6, 6.07) is 4.66. The fourth-order valence-electron chi connectivity index (χ4n) is 2.99. The van der Waals surface area contributed by atoms with Gasteiger partial charge in [-0.1, -0.05) is 0 Å². The van der Waals surface area contributed by atoms with Gasteiger partial charge in [0.2, 0.25) is 0 Å². The molecule has 0 spiro atoms. The van der Waals surface area contributed by atoms with Gasteiger partial charge in [0.1, 0.15) is 0 Å². The summed E-state index contributed by atoms with van der Waals surface area (Å²) in [5.74, 6) is -2.43. The third-order valence-corrected chi connectivity index (χ3v) is 4.63. The first-order chi connectivity index (χ1) is 16.1. The number of halogens is 6. The van der Waals surface area contributed by atoms with Crippen LogP contribution in [-0.2, 0) is 17.1 Å². The fraction of sp³-hybridized carbons (Fsp3) is 0.300. The SMILES string of the molecule is Nc1ccc(C(=O)N2CCOCC2)c(C(F)(F)F)c1.O=C(O)c1ccc([N+](=O)[O-])cc1C(F)(F)F. The summed E-state index contributed by atoms with van der Waals surface area (Å²) < 4.78 is 80.9. The lowest BCUT2D eigenvalue weighted by Gasteiger charge is -2.27. The van der Waals surface area contributed by atoms with Crippen molar-refractivity contribution in [3.63, 3.8) is 0 Å². The van der Waals surface area contributed by atoms with Crippen LogP contribution in [0.5, 0.6) is 0 Å². The Morgan fingerprint density at radius 1 is 0.943 bits per heavy atom. The van der Waals surface area contributed by atoms with Crippen LogP contribution in [0.4, 0.5) is 37.7 Å². The predicted octanol–water partition coefficient (Wildman–Crippen LogP) is 4.07. The van der Waals surface area contributed by atoms with Crippen LogP contribution in [0, 0.1) is 10.1 Å². The first-order valence-electron chi connectivity index (χ1n) is 9.55. The van der Waals surface area contributed by atoms with Crippen molar-refractivity contribution in [3.05, 3.63) is 68.8 Å². The second-order valence-electron chi connectivity index (χ2n) is 7.00. The molecule has 0 saturated carbocycles. The van der Waals surface area contributed by atoms with Crippen molar-refractivity contribution in [2.75, 3.05) is 32.0 Å². The number of aromatic carboxylic acids is 1. The quantitative estimate of drug-likeness (QED) is 0.276. The molecule has 1 saturated heterocycles. The van der Waals surface area contributed by atoms with E-state index in [2.05, 4.69) is 0 Å². The van der Waals surface area contributed by atoms with E-state index in [9.17, 15) is 46.0 Å². The molecule has 1 heterocycles. The molecule has 15 heteroatoms. The molecule has 0 aromatic heterocycles. The zero-order chi connectivity index (χ0) is 26.6. The average Bonchev–Trinajstić information content (AvgIpc) is 2.78. The number of rotatable bonds is 3. The number of hydrogen-bond donors (Lipinski definition) is 2. The van der Waals surface area contributed by atoms with Gasteiger partial charge in [-0.15, -0.1) is 0 Å². The van der Waals surface area contributed by atoms with E-state index < -0.39 is 51.5 Å². The number of non-ortho nitro benzene ring substituents is 1. The third kappa shape index (κ3) is 7.05. The lowest BCUT2D eigenvalue weighted by Crippen LogP contribution is -2.41. The van der Waals surface area contributed by atoms with E-state index in [0.29, 0.717) is 38.4 Å². The van der Waals surface area contributed by atoms with Gasteiger partial charge in [0, 0.05) is 30.9 Å². The van der Waals surface area contributed by atoms with Gasteiger partial charge in [-0.2, -0.15) is 26.3 Å². The monoisotopic (exact) mass is 509 g/mol. The van der Waals surface area contributed by atoms with Crippen LogP contribution in [0.15, 0.2) is 36.4 Å². The molecular weight excluding hydrogens is 492 g/mol. The van der Waals surface area contributed by atoms with Crippen molar-refractivity contribution in [2.45, 2.75) is 12.4 Å². The van der Waals surface area contributed by atoms with Gasteiger partial charge in [-0.05, 0) is 24.3 Å². The maximum atomic E-state index is 12.9. The van der Waals surface area contributed by atoms with E-state index in [1.165, 1.54) is 11.0 Å². The number of anilines is 1. The number of carbonyl (C=O) groups excluding carboxylic acids is 1. The Bertz CT molecular complexity index is 1110. The predicted molar refractivity (Wildman–Crippen MR) is 108 cm³/mol. The zero-order valence-electron chi connectivity index (χ0n) is 17.5. The smallest absolute Gasteiger partial charge is 0.417 e. The minimum Gasteiger partial charge on any atom is -0.478 e. The number of hydrogen-bond acceptors (Lipinski definition) is 6. The first kappa shape index (κ1) is 27.4. The van der Waals surface area contributed by atoms with E-state index in [1.807, 2.05) is 0 Å². The summed E-state index contributed by atoms with van der Waals surface area (Å²) in [7, 11) is 0. The number of nitro benzene ring substituents is 1. The maximum absolute atomic E-state index is 12.9. The normalized spacial score (nSPS) is 14.1. The van der Waals surface area contributed by atoms with E-state index in [-0.39, 0.29) is 17.3 Å². The molecule has 35 heavy (non-hydrogen) atoms. The lowest BCUT2D eigenvalue weighted by molar-refractivity contribution is -0.385. The highest BCUT2D eigenvalue weighted by Crippen LogP contribution is 2.35. The molecule has 0 aliphatic carbocycles. The maximum Gasteiger partial charge on any atom is 0.417 e. The van der Waals surface area contributed by atoms with Gasteiger partial charge in [0.05, 0.1) is 40.4 Å². The van der Waals surface area contributed by atoms with Crippen LogP contribution < -0.4 is 5.73 Å². The van der Waals surface area contributed by atoms with Gasteiger partial charge in [-0.25, -0.2) is 4.79 Å². The highest BCUT2D eigenvalue weighted by Gasteiger charge is 2.37. The van der Waals surface area contributed by atoms with Crippen LogP contribution in [0.1, 0.15) is 31.8 Å². The molecule has 2 aromatic rings. The summed E-state index contributed by atoms with van der Waals surface area (Å²) in [6.07, 6.45) is -9.55. The second kappa shape index (κ2) is 10.6. The Morgan fingerprint density at radius 2 is 1.46 bits per heavy atom. The summed E-state index contributed by atoms with van der Waals surface area (Å²) in [4.78, 5) is 33.2. The van der Waals surface area contributed by atoms with E-state index in [1.54, 1.807) is 0 Å². The van der Waals surface area contributed by atoms with Gasteiger partial charge in [-0.3, -0.25) is 14.9 Å². The van der Waals surface area contributed by atoms with Gasteiger partial charge in [0.15, 0.2) is 0 Å². The molecular formula is C20H17F6N3O6. The van der Waals surface area contributed by atoms with Crippen LogP contribution in [-0.4, -0.2) is 53.1 Å². The Labute approximate surface area is 192 Å². The topological polar surface area (TPSA) is 136 Å². The van der Waals surface area contributed by atoms with Crippen LogP contribution in [0.25, 0.3) is 0 Å². The molecule has 1 aliphatic heterocycles. The molecule has 9 nitrogen and oxygen atoms in total. The Hall–Kier alpha value is -3.88. The number of ether oxygens (including phenoxy) is 1. The first-order valence-corrected chi connectivity index (χ1v) is 9.55. The highest BCUT2D eigenvalue weighted by atomic mass is 19.4. The van der Waals surface area contributed by atoms with Gasteiger partial charge < -0.3 is 20.5 Å². The average molecular weight is 509 g/mol. The van der Waals surface area contributed by atoms with Crippen molar-refractivity contribution in [2.24, 2.45) is 0 Å². The van der Waals surface area contributed by atoms with Crippen molar-refractivity contribution in [3.8, 4) is 0 Å². The van der Waals surface area contributed by atoms with Crippen LogP contribution >= 0.6 is 0 Å². The summed E-state index contributed by atoms with van der Waals surface area (Å²) in [5, 5.41) is 18.7. The molecule has 2 aromatic carbocycles. The second-order valence-corrected chi connectivity index (χ2v) is 7.00. The molecule has 0 unspecified atom stereocenters. The summed E-state index contributed by atoms with van der Waals surface area (Å²) in [5.41, 5.74) is 0.611. The molecule has 190 valence electrons. The number of nitrogens with zero attached hydrogens (tertiary/aromatic N) is 2. The molecule has 1 fully saturated rings. The standard InChI is InChI=1S/C12H13F3N2O2.C8H4F3NO4/c13-12(14,15)10-7-8(16)1-2-9(10)11(18)17-3-5-19-6-4-17;9-8(10,11)6-3-4(12(15)16)1-2-5(6)7(13)14/h1-2,7H,3-6,16H2;1-3H,(H,13,14). The number of nitrogens with two attached hydrogens (primary N) is 1. The molecule has 1 aliphatic rings. The Kier molecular flexibility index (Phi) is 8.28.